The third kappa shape index (κ3) is 2.05. The van der Waals surface area contributed by atoms with Gasteiger partial charge in [0.05, 0.1) is 5.52 Å². The number of rotatable bonds is 1. The van der Waals surface area contributed by atoms with Crippen LogP contribution in [-0.4, -0.2) is 29.0 Å². The van der Waals surface area contributed by atoms with Crippen molar-refractivity contribution in [3.8, 4) is 5.75 Å². The van der Waals surface area contributed by atoms with Gasteiger partial charge in [-0.25, -0.2) is 0 Å². The quantitative estimate of drug-likeness (QED) is 0.425. The normalized spacial score (nSPS) is 11.7. The number of carbonyl (C=O) groups is 1. The van der Waals surface area contributed by atoms with E-state index in [0.29, 0.717) is 5.52 Å². The van der Waals surface area contributed by atoms with Crippen molar-refractivity contribution >= 4 is 22.8 Å². The molecule has 17 heavy (non-hydrogen) atoms. The monoisotopic (exact) mass is 232 g/mol. The molecule has 2 rings (SSSR count). The highest BCUT2D eigenvalue weighted by atomic mass is 16.3. The summed E-state index contributed by atoms with van der Waals surface area (Å²) in [7, 11) is 1.57. The molecule has 0 aliphatic heterocycles. The molecule has 1 aromatic heterocycles. The SMILES string of the molecule is CNC(N)=NC(=O)c1cc2cccc(O)c2[nH]1. The smallest absolute Gasteiger partial charge is 0.296 e. The number of H-pyrrole nitrogens is 1. The Morgan fingerprint density at radius 2 is 2.29 bits per heavy atom. The van der Waals surface area contributed by atoms with Gasteiger partial charge in [-0.2, -0.15) is 4.99 Å². The number of guanidine groups is 1. The molecule has 0 saturated heterocycles. The van der Waals surface area contributed by atoms with Crippen LogP contribution >= 0.6 is 0 Å². The molecule has 0 aliphatic rings. The maximum atomic E-state index is 11.7. The van der Waals surface area contributed by atoms with E-state index in [4.69, 9.17) is 5.73 Å². The Hall–Kier alpha value is -2.50. The van der Waals surface area contributed by atoms with Gasteiger partial charge in [-0.15, -0.1) is 0 Å². The molecule has 1 heterocycles. The van der Waals surface area contributed by atoms with Gasteiger partial charge in [0.25, 0.3) is 5.91 Å². The molecule has 0 spiro atoms. The summed E-state index contributed by atoms with van der Waals surface area (Å²) in [4.78, 5) is 18.1. The van der Waals surface area contributed by atoms with Crippen molar-refractivity contribution in [2.24, 2.45) is 10.7 Å². The largest absolute Gasteiger partial charge is 0.506 e. The second-order valence-electron chi connectivity index (χ2n) is 3.48. The second-order valence-corrected chi connectivity index (χ2v) is 3.48. The first-order chi connectivity index (χ1) is 8.11. The highest BCUT2D eigenvalue weighted by Crippen LogP contribution is 2.24. The lowest BCUT2D eigenvalue weighted by Crippen LogP contribution is -2.28. The first kappa shape index (κ1) is 11.0. The van der Waals surface area contributed by atoms with Gasteiger partial charge < -0.3 is 21.1 Å². The summed E-state index contributed by atoms with van der Waals surface area (Å²) >= 11 is 0. The van der Waals surface area contributed by atoms with Crippen LogP contribution < -0.4 is 11.1 Å². The van der Waals surface area contributed by atoms with E-state index < -0.39 is 5.91 Å². The molecule has 1 amide bonds. The lowest BCUT2D eigenvalue weighted by Gasteiger charge is -1.95. The Kier molecular flexibility index (Phi) is 2.70. The van der Waals surface area contributed by atoms with Crippen LogP contribution in [0.2, 0.25) is 0 Å². The molecule has 0 unspecified atom stereocenters. The predicted octanol–water partition coefficient (Wildman–Crippen LogP) is 0.548. The van der Waals surface area contributed by atoms with E-state index in [2.05, 4.69) is 15.3 Å². The Balaban J connectivity index is 2.44. The molecule has 0 aliphatic carbocycles. The van der Waals surface area contributed by atoms with E-state index in [9.17, 15) is 9.90 Å². The Labute approximate surface area is 97.2 Å². The molecule has 0 atom stereocenters. The molecule has 6 nitrogen and oxygen atoms in total. The molecular weight excluding hydrogens is 220 g/mol. The standard InChI is InChI=1S/C11H12N4O2/c1-13-11(12)15-10(17)7-5-6-3-2-4-8(16)9(6)14-7/h2-5,14,16H,1H3,(H3,12,13,15,17). The van der Waals surface area contributed by atoms with Crippen LogP contribution in [-0.2, 0) is 0 Å². The van der Waals surface area contributed by atoms with Gasteiger partial charge in [0.15, 0.2) is 5.96 Å². The summed E-state index contributed by atoms with van der Waals surface area (Å²) in [6.45, 7) is 0. The third-order valence-electron chi connectivity index (χ3n) is 2.34. The van der Waals surface area contributed by atoms with Crippen LogP contribution in [0.25, 0.3) is 10.9 Å². The minimum Gasteiger partial charge on any atom is -0.506 e. The summed E-state index contributed by atoms with van der Waals surface area (Å²) in [6, 6.07) is 6.64. The molecule has 88 valence electrons. The average molecular weight is 232 g/mol. The van der Waals surface area contributed by atoms with E-state index in [-0.39, 0.29) is 17.4 Å². The second kappa shape index (κ2) is 4.17. The number of hydrogen-bond donors (Lipinski definition) is 4. The number of nitrogens with two attached hydrogens (primary N) is 1. The third-order valence-corrected chi connectivity index (χ3v) is 2.34. The predicted molar refractivity (Wildman–Crippen MR) is 65.0 cm³/mol. The Bertz CT molecular complexity index is 601. The van der Waals surface area contributed by atoms with E-state index in [0.717, 1.165) is 5.39 Å². The minimum absolute atomic E-state index is 0.0397. The van der Waals surface area contributed by atoms with Gasteiger partial charge in [-0.05, 0) is 12.1 Å². The zero-order chi connectivity index (χ0) is 12.4. The fraction of sp³-hybridized carbons (Fsp3) is 0.0909. The number of phenolic OH excluding ortho intramolecular Hbond substituents is 1. The minimum atomic E-state index is -0.493. The van der Waals surface area contributed by atoms with E-state index in [1.54, 1.807) is 25.2 Å². The first-order valence-electron chi connectivity index (χ1n) is 4.98. The number of nitrogens with one attached hydrogen (secondary N) is 2. The number of aromatic nitrogens is 1. The zero-order valence-corrected chi connectivity index (χ0v) is 9.19. The van der Waals surface area contributed by atoms with Gasteiger partial charge in [-0.3, -0.25) is 4.79 Å². The molecule has 2 aromatic rings. The number of aromatic hydroxyl groups is 1. The number of benzene rings is 1. The first-order valence-corrected chi connectivity index (χ1v) is 4.98. The van der Waals surface area contributed by atoms with E-state index in [1.165, 1.54) is 6.07 Å². The average Bonchev–Trinajstić information content (AvgIpc) is 2.74. The Morgan fingerprint density at radius 3 is 2.94 bits per heavy atom. The van der Waals surface area contributed by atoms with Crippen LogP contribution in [0.15, 0.2) is 29.3 Å². The topological polar surface area (TPSA) is 104 Å². The van der Waals surface area contributed by atoms with Crippen molar-refractivity contribution in [1.82, 2.24) is 10.3 Å². The molecule has 5 N–H and O–H groups in total. The van der Waals surface area contributed by atoms with Crippen molar-refractivity contribution < 1.29 is 9.90 Å². The number of aromatic amines is 1. The maximum Gasteiger partial charge on any atom is 0.296 e. The summed E-state index contributed by atoms with van der Waals surface area (Å²) in [5.41, 5.74) is 6.18. The summed E-state index contributed by atoms with van der Waals surface area (Å²) in [6.07, 6.45) is 0. The number of hydrogen-bond acceptors (Lipinski definition) is 2. The highest BCUT2D eigenvalue weighted by molar-refractivity contribution is 6.04. The van der Waals surface area contributed by atoms with Crippen LogP contribution in [0.5, 0.6) is 5.75 Å². The summed E-state index contributed by atoms with van der Waals surface area (Å²) < 4.78 is 0. The number of amides is 1. The lowest BCUT2D eigenvalue weighted by atomic mass is 10.2. The molecule has 0 fully saturated rings. The number of phenols is 1. The van der Waals surface area contributed by atoms with Crippen molar-refractivity contribution in [3.05, 3.63) is 30.0 Å². The highest BCUT2D eigenvalue weighted by Gasteiger charge is 2.10. The molecule has 0 radical (unpaired) electrons. The van der Waals surface area contributed by atoms with Gasteiger partial charge in [0, 0.05) is 12.4 Å². The maximum absolute atomic E-state index is 11.7. The molecule has 0 bridgehead atoms. The fourth-order valence-corrected chi connectivity index (χ4v) is 1.48. The number of carbonyl (C=O) groups excluding carboxylic acids is 1. The molecule has 6 heteroatoms. The zero-order valence-electron chi connectivity index (χ0n) is 9.19. The lowest BCUT2D eigenvalue weighted by molar-refractivity contribution is 0.0998. The fourth-order valence-electron chi connectivity index (χ4n) is 1.48. The van der Waals surface area contributed by atoms with Crippen molar-refractivity contribution in [3.63, 3.8) is 0 Å². The Morgan fingerprint density at radius 1 is 1.53 bits per heavy atom. The van der Waals surface area contributed by atoms with Crippen LogP contribution in [0, 0.1) is 0 Å². The number of para-hydroxylation sites is 1. The summed E-state index contributed by atoms with van der Waals surface area (Å²) in [5, 5.41) is 12.9. The van der Waals surface area contributed by atoms with E-state index >= 15 is 0 Å². The van der Waals surface area contributed by atoms with Crippen molar-refractivity contribution in [2.45, 2.75) is 0 Å². The van der Waals surface area contributed by atoms with E-state index in [1.807, 2.05) is 0 Å². The van der Waals surface area contributed by atoms with Crippen LogP contribution in [0.3, 0.4) is 0 Å². The van der Waals surface area contributed by atoms with Gasteiger partial charge in [0.1, 0.15) is 11.4 Å². The van der Waals surface area contributed by atoms with Gasteiger partial charge >= 0.3 is 0 Å². The van der Waals surface area contributed by atoms with Crippen LogP contribution in [0.1, 0.15) is 10.5 Å². The number of aliphatic imine (C=N–C) groups is 1. The number of fused-ring (bicyclic) bond motifs is 1. The van der Waals surface area contributed by atoms with Crippen molar-refractivity contribution in [1.29, 1.82) is 0 Å². The number of nitrogens with zero attached hydrogens (tertiary/aromatic N) is 1. The van der Waals surface area contributed by atoms with Gasteiger partial charge in [-0.1, -0.05) is 12.1 Å². The molecular formula is C11H12N4O2. The molecule has 0 saturated carbocycles. The summed E-state index contributed by atoms with van der Waals surface area (Å²) in [5.74, 6) is -0.363. The van der Waals surface area contributed by atoms with Crippen molar-refractivity contribution in [2.75, 3.05) is 7.05 Å². The molecule has 1 aromatic carbocycles. The van der Waals surface area contributed by atoms with Gasteiger partial charge in [0.2, 0.25) is 0 Å². The van der Waals surface area contributed by atoms with Crippen LogP contribution in [0.4, 0.5) is 0 Å².